The van der Waals surface area contributed by atoms with Crippen molar-refractivity contribution in [3.05, 3.63) is 55.7 Å². The molecule has 0 bridgehead atoms. The van der Waals surface area contributed by atoms with Crippen molar-refractivity contribution >= 4 is 62.2 Å². The fourth-order valence-electron chi connectivity index (χ4n) is 5.43. The molecular formula is C28H38Cl2N6O5S2. The zero-order chi connectivity index (χ0) is 31.1. The van der Waals surface area contributed by atoms with Gasteiger partial charge < -0.3 is 26.0 Å². The smallest absolute Gasteiger partial charge is 0.243 e. The molecule has 0 unspecified atom stereocenters. The number of amidine groups is 1. The van der Waals surface area contributed by atoms with Crippen LogP contribution in [0.5, 0.6) is 0 Å². The molecule has 3 heterocycles. The molecule has 2 aliphatic rings. The third-order valence-electron chi connectivity index (χ3n) is 7.66. The van der Waals surface area contributed by atoms with Crippen LogP contribution in [0.2, 0.25) is 10.0 Å². The Kier molecular flexibility index (Phi) is 11.8. The highest BCUT2D eigenvalue weighted by Gasteiger charge is 2.42. The monoisotopic (exact) mass is 672 g/mol. The minimum absolute atomic E-state index is 0.0500. The summed E-state index contributed by atoms with van der Waals surface area (Å²) in [5, 5.41) is 14.6. The molecule has 6 N–H and O–H groups in total. The molecule has 43 heavy (non-hydrogen) atoms. The van der Waals surface area contributed by atoms with Gasteiger partial charge >= 0.3 is 0 Å². The van der Waals surface area contributed by atoms with Gasteiger partial charge in [-0.25, -0.2) is 13.1 Å². The van der Waals surface area contributed by atoms with E-state index in [1.165, 1.54) is 16.2 Å². The molecular weight excluding hydrogens is 635 g/mol. The van der Waals surface area contributed by atoms with Gasteiger partial charge in [0.05, 0.1) is 40.4 Å². The molecule has 2 aliphatic heterocycles. The lowest BCUT2D eigenvalue weighted by Crippen LogP contribution is -2.53. The van der Waals surface area contributed by atoms with Crippen LogP contribution in [0.4, 0.5) is 0 Å². The van der Waals surface area contributed by atoms with E-state index in [0.29, 0.717) is 33.7 Å². The summed E-state index contributed by atoms with van der Waals surface area (Å²) in [6.07, 6.45) is 3.76. The van der Waals surface area contributed by atoms with E-state index < -0.39 is 34.1 Å². The number of halogens is 2. The summed E-state index contributed by atoms with van der Waals surface area (Å²) < 4.78 is 33.2. The van der Waals surface area contributed by atoms with Crippen LogP contribution in [-0.2, 0) is 37.5 Å². The van der Waals surface area contributed by atoms with Gasteiger partial charge in [-0.2, -0.15) is 0 Å². The number of nitrogens with two attached hydrogens (primary N) is 1. The van der Waals surface area contributed by atoms with Crippen molar-refractivity contribution in [1.82, 2.24) is 20.3 Å². The molecule has 0 aliphatic carbocycles. The van der Waals surface area contributed by atoms with Crippen molar-refractivity contribution in [3.63, 3.8) is 0 Å². The lowest BCUT2D eigenvalue weighted by molar-refractivity contribution is -0.140. The van der Waals surface area contributed by atoms with E-state index in [0.717, 1.165) is 42.6 Å². The van der Waals surface area contributed by atoms with Crippen LogP contribution in [0.3, 0.4) is 0 Å². The highest BCUT2D eigenvalue weighted by Crippen LogP contribution is 2.27. The van der Waals surface area contributed by atoms with Gasteiger partial charge in [-0.1, -0.05) is 29.3 Å². The Morgan fingerprint density at radius 1 is 1.21 bits per heavy atom. The first-order chi connectivity index (χ1) is 20.4. The number of carbonyl (C=O) groups excluding carboxylic acids is 2. The van der Waals surface area contributed by atoms with Crippen molar-refractivity contribution in [2.75, 3.05) is 25.9 Å². The number of nitrogens with one attached hydrogen (secondary N) is 4. The van der Waals surface area contributed by atoms with E-state index in [2.05, 4.69) is 15.4 Å². The number of hydrogen-bond donors (Lipinski definition) is 5. The van der Waals surface area contributed by atoms with E-state index in [9.17, 15) is 18.0 Å². The Morgan fingerprint density at radius 2 is 1.95 bits per heavy atom. The number of hydrogen-bond acceptors (Lipinski definition) is 8. The van der Waals surface area contributed by atoms with Gasteiger partial charge in [-0.3, -0.25) is 15.0 Å². The molecule has 2 fully saturated rings. The van der Waals surface area contributed by atoms with Crippen LogP contribution in [0.1, 0.15) is 47.4 Å². The van der Waals surface area contributed by atoms with Crippen molar-refractivity contribution in [2.24, 2.45) is 11.7 Å². The number of rotatable bonds is 13. The molecule has 2 amide bonds. The maximum atomic E-state index is 13.9. The summed E-state index contributed by atoms with van der Waals surface area (Å²) in [5.74, 6) is -0.479. The van der Waals surface area contributed by atoms with Gasteiger partial charge in [0.2, 0.25) is 21.8 Å². The van der Waals surface area contributed by atoms with E-state index in [-0.39, 0.29) is 37.9 Å². The number of nitrogen functional groups attached to an aromatic ring is 1. The first-order valence-electron chi connectivity index (χ1n) is 14.1. The van der Waals surface area contributed by atoms with Gasteiger partial charge in [0.1, 0.15) is 17.9 Å². The second-order valence-electron chi connectivity index (χ2n) is 11.0. The topological polar surface area (TPSA) is 167 Å². The average molecular weight is 674 g/mol. The maximum absolute atomic E-state index is 13.9. The molecule has 0 saturated carbocycles. The number of carbonyl (C=O) groups is 2. The van der Waals surface area contributed by atoms with Crippen molar-refractivity contribution in [3.8, 4) is 0 Å². The average Bonchev–Trinajstić information content (AvgIpc) is 3.62. The van der Waals surface area contributed by atoms with Gasteiger partial charge in [-0.05, 0) is 74.5 Å². The molecule has 4 rings (SSSR count). The number of benzene rings is 1. The third-order valence-corrected chi connectivity index (χ3v) is 10.2. The predicted molar refractivity (Wildman–Crippen MR) is 169 cm³/mol. The molecule has 1 aromatic heterocycles. The van der Waals surface area contributed by atoms with Gasteiger partial charge in [0.15, 0.2) is 0 Å². The lowest BCUT2D eigenvalue weighted by Gasteiger charge is -2.29. The van der Waals surface area contributed by atoms with Crippen LogP contribution in [0.25, 0.3) is 0 Å². The highest BCUT2D eigenvalue weighted by atomic mass is 35.5. The normalized spacial score (nSPS) is 20.2. The zero-order valence-electron chi connectivity index (χ0n) is 23.9. The Labute approximate surface area is 266 Å². The van der Waals surface area contributed by atoms with Crippen molar-refractivity contribution in [2.45, 2.75) is 63.4 Å². The molecule has 11 nitrogen and oxygen atoms in total. The largest absolute Gasteiger partial charge is 0.383 e. The number of thiophene rings is 1. The fraction of sp³-hybridized carbons (Fsp3) is 0.536. The summed E-state index contributed by atoms with van der Waals surface area (Å²) in [6, 6.07) is 6.82. The number of amides is 2. The number of likely N-dealkylation sites (tertiary alicyclic amines) is 1. The number of nitrogens with zero attached hydrogens (tertiary/aromatic N) is 1. The third kappa shape index (κ3) is 9.87. The SMILES string of the molecule is CS(=O)(=O)N[C@H](CCC1CCNCC1)C(=O)N1C[C@H](OCc2ccc(Cl)c(Cl)c2)C[C@H]1C(=O)NCc1ccc(C(=N)N)s1. The predicted octanol–water partition coefficient (Wildman–Crippen LogP) is 2.84. The number of sulfonamides is 1. The van der Waals surface area contributed by atoms with Crippen molar-refractivity contribution < 1.29 is 22.7 Å². The Bertz CT molecular complexity index is 1420. The quantitative estimate of drug-likeness (QED) is 0.161. The first kappa shape index (κ1) is 33.6. The Morgan fingerprint density at radius 3 is 2.60 bits per heavy atom. The second kappa shape index (κ2) is 15.2. The Balaban J connectivity index is 1.49. The van der Waals surface area contributed by atoms with Crippen LogP contribution >= 0.6 is 34.5 Å². The van der Waals surface area contributed by atoms with E-state index in [4.69, 9.17) is 39.1 Å². The van der Waals surface area contributed by atoms with Gasteiger partial charge in [-0.15, -0.1) is 11.3 Å². The standard InChI is InChI=1S/C28H38Cl2N6O5S2/c1-43(39,40)35-23(6-3-17-8-10-33-11-9-17)28(38)36-15-19(41-16-18-2-5-21(29)22(30)12-18)13-24(36)27(37)34-14-20-4-7-25(42-20)26(31)32/h2,4-5,7,12,17,19,23-24,33,35H,3,6,8-11,13-16H2,1H3,(H3,31,32)(H,34,37)/t19-,23-,24+/m1/s1. The molecule has 2 aromatic rings. The van der Waals surface area contributed by atoms with Gasteiger partial charge in [0, 0.05) is 17.8 Å². The number of ether oxygens (including phenoxy) is 1. The van der Waals surface area contributed by atoms with Crippen LogP contribution in [0, 0.1) is 11.3 Å². The summed E-state index contributed by atoms with van der Waals surface area (Å²) in [7, 11) is -3.70. The molecule has 236 valence electrons. The number of piperidine rings is 1. The molecule has 0 spiro atoms. The summed E-state index contributed by atoms with van der Waals surface area (Å²) >= 11 is 13.5. The molecule has 0 radical (unpaired) electrons. The van der Waals surface area contributed by atoms with Crippen LogP contribution < -0.4 is 21.1 Å². The molecule has 2 saturated heterocycles. The fourth-order valence-corrected chi connectivity index (χ4v) is 7.29. The molecule has 3 atom stereocenters. The van der Waals surface area contributed by atoms with Crippen LogP contribution in [-0.4, -0.2) is 75.0 Å². The van der Waals surface area contributed by atoms with E-state index in [1.807, 2.05) is 0 Å². The minimum atomic E-state index is -3.70. The van der Waals surface area contributed by atoms with Crippen molar-refractivity contribution in [1.29, 1.82) is 5.41 Å². The zero-order valence-corrected chi connectivity index (χ0v) is 27.1. The van der Waals surface area contributed by atoms with Gasteiger partial charge in [0.25, 0.3) is 0 Å². The first-order valence-corrected chi connectivity index (χ1v) is 17.6. The van der Waals surface area contributed by atoms with E-state index in [1.54, 1.807) is 30.3 Å². The highest BCUT2D eigenvalue weighted by molar-refractivity contribution is 7.88. The maximum Gasteiger partial charge on any atom is 0.243 e. The second-order valence-corrected chi connectivity index (χ2v) is 14.8. The van der Waals surface area contributed by atoms with Crippen LogP contribution in [0.15, 0.2) is 30.3 Å². The summed E-state index contributed by atoms with van der Waals surface area (Å²) in [4.78, 5) is 30.3. The minimum Gasteiger partial charge on any atom is -0.383 e. The molecule has 15 heteroatoms. The summed E-state index contributed by atoms with van der Waals surface area (Å²) in [6.45, 7) is 2.31. The lowest BCUT2D eigenvalue weighted by atomic mass is 9.91. The Hall–Kier alpha value is -2.26. The van der Waals surface area contributed by atoms with E-state index >= 15 is 0 Å². The summed E-state index contributed by atoms with van der Waals surface area (Å²) in [5.41, 5.74) is 6.35. The molecule has 1 aromatic carbocycles.